The van der Waals surface area contributed by atoms with Gasteiger partial charge in [-0.3, -0.25) is 9.59 Å². The Kier molecular flexibility index (Phi) is 5.87. The van der Waals surface area contributed by atoms with Gasteiger partial charge in [-0.15, -0.1) is 0 Å². The number of nitrogens with zero attached hydrogens (tertiary/aromatic N) is 3. The van der Waals surface area contributed by atoms with Gasteiger partial charge in [-0.05, 0) is 49.4 Å². The summed E-state index contributed by atoms with van der Waals surface area (Å²) in [4.78, 5) is 34.5. The van der Waals surface area contributed by atoms with E-state index in [1.54, 1.807) is 17.9 Å². The van der Waals surface area contributed by atoms with Crippen molar-refractivity contribution in [2.45, 2.75) is 18.2 Å². The molecule has 9 nitrogen and oxygen atoms in total. The number of amides is 2. The average molecular weight is 452 g/mol. The Morgan fingerprint density at radius 3 is 2.47 bits per heavy atom. The van der Waals surface area contributed by atoms with E-state index in [9.17, 15) is 18.0 Å². The van der Waals surface area contributed by atoms with E-state index in [1.165, 1.54) is 30.5 Å². The van der Waals surface area contributed by atoms with Gasteiger partial charge in [0.1, 0.15) is 0 Å². The summed E-state index contributed by atoms with van der Waals surface area (Å²) in [7, 11) is -3.88. The molecule has 2 aromatic carbocycles. The summed E-state index contributed by atoms with van der Waals surface area (Å²) >= 11 is 0. The van der Waals surface area contributed by atoms with Crippen LogP contribution in [0.2, 0.25) is 0 Å². The molecular weight excluding hydrogens is 430 g/mol. The Balaban J connectivity index is 1.40. The number of para-hydroxylation sites is 1. The molecule has 0 bridgehead atoms. The molecule has 3 aromatic rings. The predicted octanol–water partition coefficient (Wildman–Crippen LogP) is 2.58. The number of aromatic nitrogens is 2. The summed E-state index contributed by atoms with van der Waals surface area (Å²) in [6.45, 7) is 2.02. The zero-order valence-electron chi connectivity index (χ0n) is 17.2. The molecule has 32 heavy (non-hydrogen) atoms. The Labute approximate surface area is 185 Å². The molecule has 4 rings (SSSR count). The lowest BCUT2D eigenvalue weighted by Gasteiger charge is -2.16. The van der Waals surface area contributed by atoms with Gasteiger partial charge in [0.05, 0.1) is 10.8 Å². The zero-order chi connectivity index (χ0) is 22.7. The van der Waals surface area contributed by atoms with Crippen LogP contribution in [0.15, 0.2) is 71.8 Å². The van der Waals surface area contributed by atoms with Gasteiger partial charge in [-0.2, -0.15) is 0 Å². The average Bonchev–Trinajstić information content (AvgIpc) is 3.16. The van der Waals surface area contributed by atoms with Gasteiger partial charge in [-0.1, -0.05) is 18.2 Å². The molecule has 2 amide bonds. The summed E-state index contributed by atoms with van der Waals surface area (Å²) in [5, 5.41) is 2.75. The quantitative estimate of drug-likeness (QED) is 0.594. The van der Waals surface area contributed by atoms with Crippen molar-refractivity contribution < 1.29 is 18.0 Å². The fraction of sp³-hybridized carbons (Fsp3) is 0.182. The highest BCUT2D eigenvalue weighted by molar-refractivity contribution is 7.92. The maximum Gasteiger partial charge on any atom is 0.264 e. The predicted molar refractivity (Wildman–Crippen MR) is 120 cm³/mol. The highest BCUT2D eigenvalue weighted by atomic mass is 32.2. The molecule has 2 heterocycles. The molecule has 1 fully saturated rings. The molecule has 0 spiro atoms. The third-order valence-corrected chi connectivity index (χ3v) is 6.36. The summed E-state index contributed by atoms with van der Waals surface area (Å²) < 4.78 is 27.4. The van der Waals surface area contributed by atoms with E-state index >= 15 is 0 Å². The topological polar surface area (TPSA) is 121 Å². The van der Waals surface area contributed by atoms with Crippen molar-refractivity contribution in [1.82, 2.24) is 9.97 Å². The van der Waals surface area contributed by atoms with E-state index < -0.39 is 15.9 Å². The van der Waals surface area contributed by atoms with Crippen LogP contribution in [-0.2, 0) is 19.6 Å². The lowest BCUT2D eigenvalue weighted by molar-refractivity contribution is -0.122. The summed E-state index contributed by atoms with van der Waals surface area (Å²) in [5.41, 5.74) is 1.82. The van der Waals surface area contributed by atoms with Crippen molar-refractivity contribution in [2.75, 3.05) is 21.5 Å². The first kappa shape index (κ1) is 21.4. The fourth-order valence-electron chi connectivity index (χ4n) is 3.38. The van der Waals surface area contributed by atoms with E-state index in [2.05, 4.69) is 20.0 Å². The number of nitrogens with one attached hydrogen (secondary N) is 2. The Morgan fingerprint density at radius 2 is 1.78 bits per heavy atom. The Morgan fingerprint density at radius 1 is 1.06 bits per heavy atom. The van der Waals surface area contributed by atoms with E-state index in [0.29, 0.717) is 17.9 Å². The molecule has 0 radical (unpaired) electrons. The van der Waals surface area contributed by atoms with Crippen LogP contribution in [0.1, 0.15) is 12.1 Å². The van der Waals surface area contributed by atoms with Crippen molar-refractivity contribution in [3.63, 3.8) is 0 Å². The molecule has 1 aromatic heterocycles. The molecule has 10 heteroatoms. The number of rotatable bonds is 6. The van der Waals surface area contributed by atoms with Gasteiger partial charge >= 0.3 is 0 Å². The molecule has 1 atom stereocenters. The molecule has 1 saturated heterocycles. The first-order valence-electron chi connectivity index (χ1n) is 9.91. The third kappa shape index (κ3) is 4.75. The number of anilines is 3. The SMILES string of the molecule is Cc1ccnc(NS(=O)(=O)c2ccc(NC(=O)C3CC(=O)N(c4ccccc4)C3)cc2)n1. The molecule has 0 aliphatic carbocycles. The van der Waals surface area contributed by atoms with Crippen LogP contribution in [0.25, 0.3) is 0 Å². The van der Waals surface area contributed by atoms with Gasteiger partial charge < -0.3 is 10.2 Å². The van der Waals surface area contributed by atoms with Crippen LogP contribution < -0.4 is 14.9 Å². The maximum absolute atomic E-state index is 12.7. The normalized spacial score (nSPS) is 16.1. The smallest absolute Gasteiger partial charge is 0.264 e. The van der Waals surface area contributed by atoms with Crippen LogP contribution in [0, 0.1) is 12.8 Å². The number of benzene rings is 2. The second-order valence-electron chi connectivity index (χ2n) is 7.38. The van der Waals surface area contributed by atoms with E-state index in [4.69, 9.17) is 0 Å². The molecule has 1 aliphatic heterocycles. The largest absolute Gasteiger partial charge is 0.326 e. The van der Waals surface area contributed by atoms with Gasteiger partial charge in [0.2, 0.25) is 17.8 Å². The van der Waals surface area contributed by atoms with Gasteiger partial charge in [0.15, 0.2) is 0 Å². The van der Waals surface area contributed by atoms with Crippen molar-refractivity contribution in [3.8, 4) is 0 Å². The van der Waals surface area contributed by atoms with Crippen LogP contribution in [0.4, 0.5) is 17.3 Å². The third-order valence-electron chi connectivity index (χ3n) is 5.02. The summed E-state index contributed by atoms with van der Waals surface area (Å²) in [6.07, 6.45) is 1.58. The van der Waals surface area contributed by atoms with Crippen LogP contribution in [0.3, 0.4) is 0 Å². The lowest BCUT2D eigenvalue weighted by Crippen LogP contribution is -2.28. The van der Waals surface area contributed by atoms with Crippen molar-refractivity contribution >= 4 is 39.2 Å². The fourth-order valence-corrected chi connectivity index (χ4v) is 4.33. The maximum atomic E-state index is 12.7. The van der Waals surface area contributed by atoms with Crippen LogP contribution in [-0.4, -0.2) is 36.7 Å². The number of carbonyl (C=O) groups excluding carboxylic acids is 2. The standard InChI is InChI=1S/C22H21N5O4S/c1-15-11-12-23-22(24-15)26-32(30,31)19-9-7-17(8-10-19)25-21(29)16-13-20(28)27(14-16)18-5-3-2-4-6-18/h2-12,16H,13-14H2,1H3,(H,25,29)(H,23,24,26). The van der Waals surface area contributed by atoms with E-state index in [-0.39, 0.29) is 29.1 Å². The van der Waals surface area contributed by atoms with Gasteiger partial charge in [0.25, 0.3) is 10.0 Å². The van der Waals surface area contributed by atoms with Crippen molar-refractivity contribution in [1.29, 1.82) is 0 Å². The number of hydrogen-bond acceptors (Lipinski definition) is 6. The van der Waals surface area contributed by atoms with Crippen LogP contribution in [0.5, 0.6) is 0 Å². The summed E-state index contributed by atoms with van der Waals surface area (Å²) in [5.74, 6) is -0.914. The minimum Gasteiger partial charge on any atom is -0.326 e. The highest BCUT2D eigenvalue weighted by Crippen LogP contribution is 2.26. The lowest BCUT2D eigenvalue weighted by atomic mass is 10.1. The van der Waals surface area contributed by atoms with Crippen molar-refractivity contribution in [3.05, 3.63) is 72.6 Å². The molecule has 164 valence electrons. The number of sulfonamides is 1. The second kappa shape index (κ2) is 8.75. The Hall–Kier alpha value is -3.79. The van der Waals surface area contributed by atoms with E-state index in [1.807, 2.05) is 30.3 Å². The highest BCUT2D eigenvalue weighted by Gasteiger charge is 2.35. The molecule has 1 unspecified atom stereocenters. The number of hydrogen-bond donors (Lipinski definition) is 2. The molecule has 1 aliphatic rings. The minimum absolute atomic E-state index is 0.00639. The zero-order valence-corrected chi connectivity index (χ0v) is 18.0. The molecular formula is C22H21N5O4S. The van der Waals surface area contributed by atoms with Gasteiger partial charge in [-0.25, -0.2) is 23.1 Å². The number of aryl methyl sites for hydroxylation is 1. The first-order chi connectivity index (χ1) is 15.3. The van der Waals surface area contributed by atoms with Crippen molar-refractivity contribution in [2.24, 2.45) is 5.92 Å². The second-order valence-corrected chi connectivity index (χ2v) is 9.06. The monoisotopic (exact) mass is 451 g/mol. The van der Waals surface area contributed by atoms with Crippen LogP contribution >= 0.6 is 0 Å². The minimum atomic E-state index is -3.88. The molecule has 0 saturated carbocycles. The Bertz CT molecular complexity index is 1250. The summed E-state index contributed by atoms with van der Waals surface area (Å²) in [6, 6.07) is 16.6. The number of carbonyl (C=O) groups is 2. The van der Waals surface area contributed by atoms with Gasteiger partial charge in [0, 0.05) is 36.2 Å². The molecule has 2 N–H and O–H groups in total. The van der Waals surface area contributed by atoms with E-state index in [0.717, 1.165) is 5.69 Å². The first-order valence-corrected chi connectivity index (χ1v) is 11.4.